The van der Waals surface area contributed by atoms with Crippen molar-refractivity contribution in [2.45, 2.75) is 29.2 Å². The van der Waals surface area contributed by atoms with Gasteiger partial charge in [0.25, 0.3) is 0 Å². The third-order valence-electron chi connectivity index (χ3n) is 3.93. The fourth-order valence-corrected chi connectivity index (χ4v) is 4.62. The standard InChI is InChI=1S/C20H21N3O4S2/c24-18(12-7-13-28-14-16-8-3-1-4-9-16)21-20-23-22-19(27-20)15-29(25,26)17-10-5-2-6-11-17/h1-6,8-11H,7,12-15H2,(H,21,23,24). The number of carbonyl (C=O) groups excluding carboxylic acids is 1. The van der Waals surface area contributed by atoms with Gasteiger partial charge in [-0.05, 0) is 29.9 Å². The number of hydrogen-bond donors (Lipinski definition) is 1. The van der Waals surface area contributed by atoms with Gasteiger partial charge >= 0.3 is 6.01 Å². The van der Waals surface area contributed by atoms with Crippen LogP contribution in [0, 0.1) is 0 Å². The topological polar surface area (TPSA) is 102 Å². The highest BCUT2D eigenvalue weighted by Gasteiger charge is 2.19. The minimum Gasteiger partial charge on any atom is -0.407 e. The quantitative estimate of drug-likeness (QED) is 0.488. The van der Waals surface area contributed by atoms with Gasteiger partial charge in [0, 0.05) is 12.2 Å². The van der Waals surface area contributed by atoms with Gasteiger partial charge in [0.05, 0.1) is 4.90 Å². The van der Waals surface area contributed by atoms with Crippen molar-refractivity contribution in [3.8, 4) is 0 Å². The molecule has 9 heteroatoms. The number of thioether (sulfide) groups is 1. The highest BCUT2D eigenvalue weighted by Crippen LogP contribution is 2.17. The van der Waals surface area contributed by atoms with E-state index >= 15 is 0 Å². The van der Waals surface area contributed by atoms with E-state index in [1.807, 2.05) is 18.2 Å². The Bertz CT molecular complexity index is 1020. The summed E-state index contributed by atoms with van der Waals surface area (Å²) in [5.74, 6) is 1.03. The van der Waals surface area contributed by atoms with E-state index in [1.54, 1.807) is 30.0 Å². The normalized spacial score (nSPS) is 11.3. The average Bonchev–Trinajstić information content (AvgIpc) is 3.15. The first-order chi connectivity index (χ1) is 14.0. The van der Waals surface area contributed by atoms with Gasteiger partial charge in [-0.3, -0.25) is 10.1 Å². The van der Waals surface area contributed by atoms with Crippen molar-refractivity contribution in [3.63, 3.8) is 0 Å². The first-order valence-corrected chi connectivity index (χ1v) is 11.9. The Hall–Kier alpha value is -2.65. The van der Waals surface area contributed by atoms with Gasteiger partial charge < -0.3 is 4.42 Å². The van der Waals surface area contributed by atoms with Gasteiger partial charge in [-0.15, -0.1) is 5.10 Å². The molecule has 1 heterocycles. The molecule has 0 aliphatic rings. The summed E-state index contributed by atoms with van der Waals surface area (Å²) in [6.07, 6.45) is 1.04. The van der Waals surface area contributed by atoms with Crippen LogP contribution in [0.3, 0.4) is 0 Å². The molecule has 3 rings (SSSR count). The van der Waals surface area contributed by atoms with Crippen LogP contribution in [0.15, 0.2) is 70.0 Å². The first kappa shape index (κ1) is 21.1. The van der Waals surface area contributed by atoms with Crippen LogP contribution in [0.25, 0.3) is 0 Å². The molecule has 0 saturated carbocycles. The van der Waals surface area contributed by atoms with Crippen molar-refractivity contribution in [3.05, 3.63) is 72.1 Å². The van der Waals surface area contributed by atoms with E-state index in [0.717, 1.165) is 11.5 Å². The predicted octanol–water partition coefficient (Wildman–Crippen LogP) is 3.70. The smallest absolute Gasteiger partial charge is 0.322 e. The molecule has 7 nitrogen and oxygen atoms in total. The van der Waals surface area contributed by atoms with Crippen LogP contribution in [0.4, 0.5) is 6.01 Å². The number of rotatable bonds is 10. The van der Waals surface area contributed by atoms with Crippen LogP contribution in [-0.4, -0.2) is 30.3 Å². The molecule has 29 heavy (non-hydrogen) atoms. The zero-order valence-electron chi connectivity index (χ0n) is 15.7. The molecule has 0 bridgehead atoms. The van der Waals surface area contributed by atoms with Crippen molar-refractivity contribution >= 4 is 33.5 Å². The molecule has 152 valence electrons. The molecule has 0 aliphatic heterocycles. The van der Waals surface area contributed by atoms with Crippen LogP contribution in [0.2, 0.25) is 0 Å². The van der Waals surface area contributed by atoms with E-state index in [2.05, 4.69) is 27.6 Å². The monoisotopic (exact) mass is 431 g/mol. The van der Waals surface area contributed by atoms with E-state index in [0.29, 0.717) is 12.8 Å². The van der Waals surface area contributed by atoms with E-state index < -0.39 is 15.6 Å². The number of hydrogen-bond acceptors (Lipinski definition) is 7. The highest BCUT2D eigenvalue weighted by molar-refractivity contribution is 7.98. The van der Waals surface area contributed by atoms with Crippen molar-refractivity contribution in [2.75, 3.05) is 11.1 Å². The van der Waals surface area contributed by atoms with Gasteiger partial charge in [0.2, 0.25) is 11.8 Å². The molecule has 0 aliphatic carbocycles. The summed E-state index contributed by atoms with van der Waals surface area (Å²) < 4.78 is 29.9. The summed E-state index contributed by atoms with van der Waals surface area (Å²) in [6.45, 7) is 0. The average molecular weight is 432 g/mol. The number of nitrogens with zero attached hydrogens (tertiary/aromatic N) is 2. The van der Waals surface area contributed by atoms with Gasteiger partial charge in [-0.1, -0.05) is 53.6 Å². The van der Waals surface area contributed by atoms with Gasteiger partial charge in [-0.2, -0.15) is 11.8 Å². The third kappa shape index (κ3) is 6.72. The van der Waals surface area contributed by atoms with Crippen molar-refractivity contribution < 1.29 is 17.6 Å². The molecule has 0 saturated heterocycles. The Morgan fingerprint density at radius 3 is 2.41 bits per heavy atom. The lowest BCUT2D eigenvalue weighted by atomic mass is 10.2. The second-order valence-electron chi connectivity index (χ2n) is 6.26. The summed E-state index contributed by atoms with van der Waals surface area (Å²) in [5.41, 5.74) is 1.26. The van der Waals surface area contributed by atoms with Crippen LogP contribution >= 0.6 is 11.8 Å². The fraction of sp³-hybridized carbons (Fsp3) is 0.250. The van der Waals surface area contributed by atoms with Crippen LogP contribution in [0.1, 0.15) is 24.3 Å². The lowest BCUT2D eigenvalue weighted by Gasteiger charge is -2.02. The Balaban J connectivity index is 1.41. The molecule has 1 aromatic heterocycles. The molecule has 0 fully saturated rings. The molecule has 3 aromatic rings. The van der Waals surface area contributed by atoms with E-state index in [1.165, 1.54) is 17.7 Å². The molecule has 0 unspecified atom stereocenters. The minimum absolute atomic E-state index is 0.0671. The Morgan fingerprint density at radius 1 is 1.00 bits per heavy atom. The number of benzene rings is 2. The third-order valence-corrected chi connectivity index (χ3v) is 6.67. The molecule has 1 N–H and O–H groups in total. The SMILES string of the molecule is O=C(CCCSCc1ccccc1)Nc1nnc(CS(=O)(=O)c2ccccc2)o1. The zero-order chi connectivity index (χ0) is 20.5. The molecule has 0 spiro atoms. The Labute approximate surface area is 173 Å². The molecule has 0 radical (unpaired) electrons. The lowest BCUT2D eigenvalue weighted by Crippen LogP contribution is -2.11. The predicted molar refractivity (Wildman–Crippen MR) is 112 cm³/mol. The molecular formula is C20H21N3O4S2. The molecule has 1 amide bonds. The molecule has 0 atom stereocenters. The Morgan fingerprint density at radius 2 is 1.69 bits per heavy atom. The number of carbonyl (C=O) groups is 1. The van der Waals surface area contributed by atoms with Crippen molar-refractivity contribution in [1.82, 2.24) is 10.2 Å². The summed E-state index contributed by atoms with van der Waals surface area (Å²) >= 11 is 1.76. The van der Waals surface area contributed by atoms with Gasteiger partial charge in [0.1, 0.15) is 5.75 Å². The Kier molecular flexibility index (Phi) is 7.42. The maximum Gasteiger partial charge on any atom is 0.322 e. The van der Waals surface area contributed by atoms with Gasteiger partial charge in [0.15, 0.2) is 9.84 Å². The van der Waals surface area contributed by atoms with Crippen molar-refractivity contribution in [1.29, 1.82) is 0 Å². The summed E-state index contributed by atoms with van der Waals surface area (Å²) in [6, 6.07) is 18.1. The molecule has 2 aromatic carbocycles. The van der Waals surface area contributed by atoms with E-state index in [4.69, 9.17) is 4.42 Å². The molecular weight excluding hydrogens is 410 g/mol. The second-order valence-corrected chi connectivity index (χ2v) is 9.36. The van der Waals surface area contributed by atoms with Crippen LogP contribution in [0.5, 0.6) is 0 Å². The van der Waals surface area contributed by atoms with Crippen LogP contribution < -0.4 is 5.32 Å². The van der Waals surface area contributed by atoms with Crippen molar-refractivity contribution in [2.24, 2.45) is 0 Å². The maximum atomic E-state index is 12.3. The van der Waals surface area contributed by atoms with Gasteiger partial charge in [-0.25, -0.2) is 8.42 Å². The minimum atomic E-state index is -3.58. The number of amides is 1. The number of sulfone groups is 1. The summed E-state index contributed by atoms with van der Waals surface area (Å²) in [5, 5.41) is 9.92. The number of nitrogens with one attached hydrogen (secondary N) is 1. The summed E-state index contributed by atoms with van der Waals surface area (Å²) in [7, 11) is -3.58. The van der Waals surface area contributed by atoms with E-state index in [-0.39, 0.29) is 22.7 Å². The fourth-order valence-electron chi connectivity index (χ4n) is 2.52. The second kappa shape index (κ2) is 10.2. The highest BCUT2D eigenvalue weighted by atomic mass is 32.2. The maximum absolute atomic E-state index is 12.3. The summed E-state index contributed by atoms with van der Waals surface area (Å²) in [4.78, 5) is 12.2. The first-order valence-electron chi connectivity index (χ1n) is 9.05. The largest absolute Gasteiger partial charge is 0.407 e. The zero-order valence-corrected chi connectivity index (χ0v) is 17.3. The lowest BCUT2D eigenvalue weighted by molar-refractivity contribution is -0.116. The number of anilines is 1. The van der Waals surface area contributed by atoms with E-state index in [9.17, 15) is 13.2 Å². The van der Waals surface area contributed by atoms with Crippen LogP contribution in [-0.2, 0) is 26.1 Å². The number of aromatic nitrogens is 2.